The van der Waals surface area contributed by atoms with E-state index in [2.05, 4.69) is 5.32 Å². The van der Waals surface area contributed by atoms with Gasteiger partial charge in [-0.25, -0.2) is 4.39 Å². The molecule has 2 aromatic rings. The Morgan fingerprint density at radius 1 is 1.19 bits per heavy atom. The molecule has 110 valence electrons. The van der Waals surface area contributed by atoms with Crippen molar-refractivity contribution < 1.29 is 13.9 Å². The lowest BCUT2D eigenvalue weighted by atomic mass is 10.1. The van der Waals surface area contributed by atoms with Crippen molar-refractivity contribution in [1.82, 2.24) is 5.32 Å². The Morgan fingerprint density at radius 2 is 1.90 bits per heavy atom. The number of hydrogen-bond acceptors (Lipinski definition) is 2. The molecule has 0 aliphatic heterocycles. The van der Waals surface area contributed by atoms with Crippen molar-refractivity contribution in [2.75, 3.05) is 6.61 Å². The smallest absolute Gasteiger partial charge is 0.251 e. The highest BCUT2D eigenvalue weighted by Crippen LogP contribution is 2.19. The SMILES string of the molecule is CCOc1ccc(C(=O)NCc2ccc(F)cc2)cc1C. The molecule has 0 atom stereocenters. The van der Waals surface area contributed by atoms with Crippen LogP contribution in [0.5, 0.6) is 5.75 Å². The zero-order valence-corrected chi connectivity index (χ0v) is 12.2. The van der Waals surface area contributed by atoms with Crippen LogP contribution in [0, 0.1) is 12.7 Å². The molecular formula is C17H18FNO2. The van der Waals surface area contributed by atoms with Gasteiger partial charge in [0.25, 0.3) is 5.91 Å². The van der Waals surface area contributed by atoms with Gasteiger partial charge in [-0.1, -0.05) is 12.1 Å². The van der Waals surface area contributed by atoms with Crippen LogP contribution in [-0.2, 0) is 6.54 Å². The lowest BCUT2D eigenvalue weighted by Crippen LogP contribution is -2.22. The number of halogens is 1. The van der Waals surface area contributed by atoms with Gasteiger partial charge in [-0.2, -0.15) is 0 Å². The van der Waals surface area contributed by atoms with Gasteiger partial charge < -0.3 is 10.1 Å². The summed E-state index contributed by atoms with van der Waals surface area (Å²) in [4.78, 5) is 12.1. The number of ether oxygens (including phenoxy) is 1. The number of aryl methyl sites for hydroxylation is 1. The number of carbonyl (C=O) groups is 1. The molecule has 1 N–H and O–H groups in total. The van der Waals surface area contributed by atoms with E-state index < -0.39 is 0 Å². The Hall–Kier alpha value is -2.36. The molecule has 0 radical (unpaired) electrons. The third-order valence-electron chi connectivity index (χ3n) is 3.10. The fourth-order valence-corrected chi connectivity index (χ4v) is 1.99. The second-order valence-corrected chi connectivity index (χ2v) is 4.72. The molecular weight excluding hydrogens is 269 g/mol. The Bertz CT molecular complexity index is 623. The molecule has 0 bridgehead atoms. The summed E-state index contributed by atoms with van der Waals surface area (Å²) in [6.07, 6.45) is 0. The lowest BCUT2D eigenvalue weighted by molar-refractivity contribution is 0.0951. The highest BCUT2D eigenvalue weighted by Gasteiger charge is 2.08. The minimum absolute atomic E-state index is 0.162. The summed E-state index contributed by atoms with van der Waals surface area (Å²) in [6, 6.07) is 11.4. The number of hydrogen-bond donors (Lipinski definition) is 1. The topological polar surface area (TPSA) is 38.3 Å². The second kappa shape index (κ2) is 6.88. The lowest BCUT2D eigenvalue weighted by Gasteiger charge is -2.09. The van der Waals surface area contributed by atoms with Gasteiger partial charge in [0.1, 0.15) is 11.6 Å². The van der Waals surface area contributed by atoms with E-state index >= 15 is 0 Å². The molecule has 0 aromatic heterocycles. The molecule has 0 aliphatic carbocycles. The number of benzene rings is 2. The van der Waals surface area contributed by atoms with E-state index in [-0.39, 0.29) is 11.7 Å². The maximum atomic E-state index is 12.8. The van der Waals surface area contributed by atoms with E-state index in [1.54, 1.807) is 30.3 Å². The summed E-state index contributed by atoms with van der Waals surface area (Å²) in [7, 11) is 0. The van der Waals surface area contributed by atoms with E-state index in [1.807, 2.05) is 13.8 Å². The fourth-order valence-electron chi connectivity index (χ4n) is 1.99. The van der Waals surface area contributed by atoms with E-state index in [4.69, 9.17) is 4.74 Å². The normalized spacial score (nSPS) is 10.2. The Balaban J connectivity index is 2.00. The third kappa shape index (κ3) is 4.05. The number of carbonyl (C=O) groups excluding carboxylic acids is 1. The molecule has 0 saturated heterocycles. The summed E-state index contributed by atoms with van der Waals surface area (Å²) < 4.78 is 18.2. The van der Waals surface area contributed by atoms with Gasteiger partial charge >= 0.3 is 0 Å². The zero-order valence-electron chi connectivity index (χ0n) is 12.2. The number of rotatable bonds is 5. The number of nitrogens with one attached hydrogen (secondary N) is 1. The molecule has 2 aromatic carbocycles. The summed E-state index contributed by atoms with van der Waals surface area (Å²) in [5.41, 5.74) is 2.36. The van der Waals surface area contributed by atoms with Gasteiger partial charge in [0.2, 0.25) is 0 Å². The van der Waals surface area contributed by atoms with Crippen molar-refractivity contribution in [3.63, 3.8) is 0 Å². The predicted molar refractivity (Wildman–Crippen MR) is 79.9 cm³/mol. The molecule has 21 heavy (non-hydrogen) atoms. The summed E-state index contributed by atoms with van der Waals surface area (Å²) in [6.45, 7) is 4.78. The predicted octanol–water partition coefficient (Wildman–Crippen LogP) is 3.46. The molecule has 0 unspecified atom stereocenters. The van der Waals surface area contributed by atoms with Gasteiger partial charge in [-0.3, -0.25) is 4.79 Å². The fraction of sp³-hybridized carbons (Fsp3) is 0.235. The van der Waals surface area contributed by atoms with E-state index in [1.165, 1.54) is 12.1 Å². The molecule has 0 fully saturated rings. The zero-order chi connectivity index (χ0) is 15.2. The van der Waals surface area contributed by atoms with Crippen molar-refractivity contribution in [2.45, 2.75) is 20.4 Å². The van der Waals surface area contributed by atoms with Crippen molar-refractivity contribution in [3.05, 3.63) is 65.0 Å². The molecule has 2 rings (SSSR count). The Labute approximate surface area is 123 Å². The van der Waals surface area contributed by atoms with E-state index in [0.717, 1.165) is 16.9 Å². The van der Waals surface area contributed by atoms with Crippen LogP contribution < -0.4 is 10.1 Å². The highest BCUT2D eigenvalue weighted by atomic mass is 19.1. The highest BCUT2D eigenvalue weighted by molar-refractivity contribution is 5.94. The van der Waals surface area contributed by atoms with Crippen LogP contribution in [0.25, 0.3) is 0 Å². The Morgan fingerprint density at radius 3 is 2.52 bits per heavy atom. The third-order valence-corrected chi connectivity index (χ3v) is 3.10. The standard InChI is InChI=1S/C17H18FNO2/c1-3-21-16-9-6-14(10-12(16)2)17(20)19-11-13-4-7-15(18)8-5-13/h4-10H,3,11H2,1-2H3,(H,19,20). The number of amides is 1. The average molecular weight is 287 g/mol. The summed E-state index contributed by atoms with van der Waals surface area (Å²) in [5.74, 6) is 0.338. The summed E-state index contributed by atoms with van der Waals surface area (Å²) in [5, 5.41) is 2.81. The minimum Gasteiger partial charge on any atom is -0.494 e. The monoisotopic (exact) mass is 287 g/mol. The molecule has 0 spiro atoms. The molecule has 0 saturated carbocycles. The van der Waals surface area contributed by atoms with Crippen LogP contribution in [0.3, 0.4) is 0 Å². The van der Waals surface area contributed by atoms with Crippen LogP contribution in [0.1, 0.15) is 28.4 Å². The first-order valence-corrected chi connectivity index (χ1v) is 6.86. The maximum absolute atomic E-state index is 12.8. The van der Waals surface area contributed by atoms with Gasteiger partial charge in [0.15, 0.2) is 0 Å². The molecule has 4 heteroatoms. The Kier molecular flexibility index (Phi) is 4.93. The van der Waals surface area contributed by atoms with Crippen molar-refractivity contribution >= 4 is 5.91 Å². The first-order valence-electron chi connectivity index (χ1n) is 6.86. The van der Waals surface area contributed by atoms with Crippen LogP contribution in [0.4, 0.5) is 4.39 Å². The van der Waals surface area contributed by atoms with Crippen LogP contribution in [0.2, 0.25) is 0 Å². The van der Waals surface area contributed by atoms with Crippen molar-refractivity contribution in [3.8, 4) is 5.75 Å². The molecule has 0 aliphatic rings. The molecule has 0 heterocycles. The van der Waals surface area contributed by atoms with Gasteiger partial charge in [-0.15, -0.1) is 0 Å². The maximum Gasteiger partial charge on any atom is 0.251 e. The van der Waals surface area contributed by atoms with Crippen LogP contribution in [-0.4, -0.2) is 12.5 Å². The van der Waals surface area contributed by atoms with Crippen LogP contribution in [0.15, 0.2) is 42.5 Å². The van der Waals surface area contributed by atoms with Gasteiger partial charge in [0, 0.05) is 12.1 Å². The average Bonchev–Trinajstić information content (AvgIpc) is 2.48. The van der Waals surface area contributed by atoms with Gasteiger partial charge in [-0.05, 0) is 55.3 Å². The first-order chi connectivity index (χ1) is 10.1. The largest absolute Gasteiger partial charge is 0.494 e. The van der Waals surface area contributed by atoms with Crippen LogP contribution >= 0.6 is 0 Å². The van der Waals surface area contributed by atoms with E-state index in [0.29, 0.717) is 18.7 Å². The van der Waals surface area contributed by atoms with Crippen molar-refractivity contribution in [2.24, 2.45) is 0 Å². The second-order valence-electron chi connectivity index (χ2n) is 4.72. The molecule has 3 nitrogen and oxygen atoms in total. The van der Waals surface area contributed by atoms with E-state index in [9.17, 15) is 9.18 Å². The first kappa shape index (κ1) is 15.0. The van der Waals surface area contributed by atoms with Crippen molar-refractivity contribution in [1.29, 1.82) is 0 Å². The summed E-state index contributed by atoms with van der Waals surface area (Å²) >= 11 is 0. The molecule has 1 amide bonds. The van der Waals surface area contributed by atoms with Gasteiger partial charge in [0.05, 0.1) is 6.61 Å². The minimum atomic E-state index is -0.285. The quantitative estimate of drug-likeness (QED) is 0.914.